The summed E-state index contributed by atoms with van der Waals surface area (Å²) in [5, 5.41) is 9.31. The molecule has 0 aliphatic rings. The summed E-state index contributed by atoms with van der Waals surface area (Å²) in [6, 6.07) is 0. The largest absolute Gasteiger partial charge is 0.386 e. The Morgan fingerprint density at radius 1 is 1.36 bits per heavy atom. The van der Waals surface area contributed by atoms with Crippen molar-refractivity contribution in [3.63, 3.8) is 0 Å². The van der Waals surface area contributed by atoms with Crippen molar-refractivity contribution in [1.29, 1.82) is 0 Å². The highest BCUT2D eigenvalue weighted by atomic mass is 35.5. The Morgan fingerprint density at radius 2 is 1.82 bits per heavy atom. The molecule has 0 aromatic carbocycles. The van der Waals surface area contributed by atoms with Crippen LogP contribution in [0.5, 0.6) is 0 Å². The zero-order chi connectivity index (χ0) is 8.91. The van der Waals surface area contributed by atoms with Crippen LogP contribution in [0.15, 0.2) is 0 Å². The van der Waals surface area contributed by atoms with Crippen LogP contribution in [-0.4, -0.2) is 48.3 Å². The zero-order valence-electron chi connectivity index (χ0n) is 7.68. The molecular weight excluding hydrogens is 162 g/mol. The third-order valence-corrected chi connectivity index (χ3v) is 2.71. The summed E-state index contributed by atoms with van der Waals surface area (Å²) in [6.45, 7) is 7.11. The lowest BCUT2D eigenvalue weighted by molar-refractivity contribution is -0.908. The number of hydrogen-bond donors (Lipinski definition) is 1. The molecule has 0 saturated heterocycles. The van der Waals surface area contributed by atoms with E-state index in [-0.39, 0.29) is 6.10 Å². The highest BCUT2D eigenvalue weighted by molar-refractivity contribution is 6.18. The Hall–Kier alpha value is 0.210. The average Bonchev–Trinajstić information content (AvgIpc) is 2.04. The first-order chi connectivity index (χ1) is 5.08. The molecule has 68 valence electrons. The van der Waals surface area contributed by atoms with Gasteiger partial charge in [0.25, 0.3) is 0 Å². The first kappa shape index (κ1) is 11.2. The molecule has 0 aromatic rings. The fourth-order valence-corrected chi connectivity index (χ4v) is 1.14. The molecule has 0 spiro atoms. The molecule has 0 aliphatic carbocycles. The van der Waals surface area contributed by atoms with Crippen molar-refractivity contribution in [2.45, 2.75) is 20.0 Å². The fraction of sp³-hybridized carbons (Fsp3) is 1.00. The van der Waals surface area contributed by atoms with Crippen molar-refractivity contribution in [2.75, 3.05) is 32.6 Å². The Kier molecular flexibility index (Phi) is 5.06. The molecule has 1 unspecified atom stereocenters. The Morgan fingerprint density at radius 3 is 2.09 bits per heavy atom. The van der Waals surface area contributed by atoms with Gasteiger partial charge in [-0.05, 0) is 13.8 Å². The quantitative estimate of drug-likeness (QED) is 0.496. The lowest BCUT2D eigenvalue weighted by Gasteiger charge is -2.33. The van der Waals surface area contributed by atoms with Gasteiger partial charge in [-0.2, -0.15) is 0 Å². The van der Waals surface area contributed by atoms with Crippen molar-refractivity contribution in [2.24, 2.45) is 0 Å². The number of quaternary nitrogens is 1. The van der Waals surface area contributed by atoms with Crippen LogP contribution < -0.4 is 0 Å². The minimum Gasteiger partial charge on any atom is -0.386 e. The molecular formula is C8H19ClNO+. The van der Waals surface area contributed by atoms with E-state index < -0.39 is 0 Å². The van der Waals surface area contributed by atoms with Gasteiger partial charge in [-0.1, -0.05) is 0 Å². The van der Waals surface area contributed by atoms with Gasteiger partial charge in [0.1, 0.15) is 12.6 Å². The molecule has 0 fully saturated rings. The molecule has 2 nitrogen and oxygen atoms in total. The van der Waals surface area contributed by atoms with Crippen molar-refractivity contribution in [3.8, 4) is 0 Å². The lowest BCUT2D eigenvalue weighted by atomic mass is 10.3. The first-order valence-electron chi connectivity index (χ1n) is 4.15. The van der Waals surface area contributed by atoms with Crippen LogP contribution >= 0.6 is 11.6 Å². The van der Waals surface area contributed by atoms with E-state index >= 15 is 0 Å². The van der Waals surface area contributed by atoms with E-state index in [1.54, 1.807) is 0 Å². The van der Waals surface area contributed by atoms with Crippen LogP contribution in [0.1, 0.15) is 13.8 Å². The predicted octanol–water partition coefficient (Wildman–Crippen LogP) is 1.07. The number of alkyl halides is 1. The minimum absolute atomic E-state index is 0.341. The molecule has 1 atom stereocenters. The molecule has 0 amide bonds. The van der Waals surface area contributed by atoms with E-state index in [9.17, 15) is 5.11 Å². The molecule has 0 radical (unpaired) electrons. The topological polar surface area (TPSA) is 20.2 Å². The predicted molar refractivity (Wildman–Crippen MR) is 48.9 cm³/mol. The van der Waals surface area contributed by atoms with Crippen LogP contribution in [0.3, 0.4) is 0 Å². The molecule has 3 heteroatoms. The summed E-state index contributed by atoms with van der Waals surface area (Å²) < 4.78 is 0.897. The Labute approximate surface area is 74.4 Å². The summed E-state index contributed by atoms with van der Waals surface area (Å²) in [4.78, 5) is 0. The normalized spacial score (nSPS) is 15.0. The number of nitrogens with zero attached hydrogens (tertiary/aromatic N) is 1. The number of halogens is 1. The maximum absolute atomic E-state index is 9.31. The Balaban J connectivity index is 3.86. The standard InChI is InChI=1S/C8H19ClNO/c1-4-10(3,5-2)7-8(11)6-9/h8,11H,4-7H2,1-3H3/q+1. The summed E-state index contributed by atoms with van der Waals surface area (Å²) in [6.07, 6.45) is -0.360. The van der Waals surface area contributed by atoms with E-state index in [1.165, 1.54) is 0 Å². The second-order valence-corrected chi connectivity index (χ2v) is 3.55. The van der Waals surface area contributed by atoms with Crippen molar-refractivity contribution < 1.29 is 9.59 Å². The van der Waals surface area contributed by atoms with Crippen LogP contribution in [0.25, 0.3) is 0 Å². The summed E-state index contributed by atoms with van der Waals surface area (Å²) in [5.74, 6) is 0.341. The number of likely N-dealkylation sites (N-methyl/N-ethyl adjacent to an activating group) is 1. The van der Waals surface area contributed by atoms with E-state index in [4.69, 9.17) is 11.6 Å². The molecule has 0 rings (SSSR count). The molecule has 0 aromatic heterocycles. The van der Waals surface area contributed by atoms with Gasteiger partial charge in [0, 0.05) is 0 Å². The molecule has 1 N–H and O–H groups in total. The first-order valence-corrected chi connectivity index (χ1v) is 4.69. The monoisotopic (exact) mass is 180 g/mol. The molecule has 0 saturated carbocycles. The summed E-state index contributed by atoms with van der Waals surface area (Å²) in [7, 11) is 2.13. The van der Waals surface area contributed by atoms with Crippen LogP contribution in [0, 0.1) is 0 Å². The third-order valence-electron chi connectivity index (χ3n) is 2.36. The number of aliphatic hydroxyl groups is 1. The van der Waals surface area contributed by atoms with E-state index in [0.29, 0.717) is 5.88 Å². The van der Waals surface area contributed by atoms with Crippen molar-refractivity contribution in [1.82, 2.24) is 0 Å². The molecule has 11 heavy (non-hydrogen) atoms. The summed E-state index contributed by atoms with van der Waals surface area (Å²) >= 11 is 5.51. The maximum atomic E-state index is 9.31. The molecule has 0 heterocycles. The van der Waals surface area contributed by atoms with Gasteiger partial charge in [-0.3, -0.25) is 0 Å². The Bertz CT molecular complexity index is 104. The summed E-state index contributed by atoms with van der Waals surface area (Å²) in [5.41, 5.74) is 0. The SMILES string of the molecule is CC[N+](C)(CC)CC(O)CCl. The lowest BCUT2D eigenvalue weighted by Crippen LogP contribution is -2.48. The van der Waals surface area contributed by atoms with Crippen molar-refractivity contribution in [3.05, 3.63) is 0 Å². The fourth-order valence-electron chi connectivity index (χ4n) is 1.04. The van der Waals surface area contributed by atoms with Crippen LogP contribution in [-0.2, 0) is 0 Å². The smallest absolute Gasteiger partial charge is 0.116 e. The van der Waals surface area contributed by atoms with Crippen LogP contribution in [0.4, 0.5) is 0 Å². The van der Waals surface area contributed by atoms with E-state index in [0.717, 1.165) is 24.1 Å². The van der Waals surface area contributed by atoms with E-state index in [1.807, 2.05) is 0 Å². The van der Waals surface area contributed by atoms with Gasteiger partial charge < -0.3 is 9.59 Å². The maximum Gasteiger partial charge on any atom is 0.116 e. The minimum atomic E-state index is -0.360. The van der Waals surface area contributed by atoms with Gasteiger partial charge in [0.2, 0.25) is 0 Å². The van der Waals surface area contributed by atoms with Gasteiger partial charge in [0.15, 0.2) is 0 Å². The highest BCUT2D eigenvalue weighted by Gasteiger charge is 2.20. The number of aliphatic hydroxyl groups excluding tert-OH is 1. The van der Waals surface area contributed by atoms with Gasteiger partial charge >= 0.3 is 0 Å². The molecule has 0 bridgehead atoms. The number of rotatable bonds is 5. The molecule has 0 aliphatic heterocycles. The second kappa shape index (κ2) is 4.96. The van der Waals surface area contributed by atoms with E-state index in [2.05, 4.69) is 20.9 Å². The van der Waals surface area contributed by atoms with Crippen molar-refractivity contribution >= 4 is 11.6 Å². The third kappa shape index (κ3) is 3.94. The van der Waals surface area contributed by atoms with Gasteiger partial charge in [-0.15, -0.1) is 11.6 Å². The highest BCUT2D eigenvalue weighted by Crippen LogP contribution is 2.03. The second-order valence-electron chi connectivity index (χ2n) is 3.24. The number of hydrogen-bond acceptors (Lipinski definition) is 1. The zero-order valence-corrected chi connectivity index (χ0v) is 8.43. The average molecular weight is 181 g/mol. The van der Waals surface area contributed by atoms with Gasteiger partial charge in [-0.25, -0.2) is 0 Å². The van der Waals surface area contributed by atoms with Crippen LogP contribution in [0.2, 0.25) is 0 Å². The van der Waals surface area contributed by atoms with Gasteiger partial charge in [0.05, 0.1) is 26.0 Å².